The first-order chi connectivity index (χ1) is 10.5. The predicted octanol–water partition coefficient (Wildman–Crippen LogP) is 2.81. The lowest BCUT2D eigenvalue weighted by atomic mass is 10.1. The van der Waals surface area contributed by atoms with Gasteiger partial charge < -0.3 is 14.7 Å². The summed E-state index contributed by atoms with van der Waals surface area (Å²) < 4.78 is 5.60. The summed E-state index contributed by atoms with van der Waals surface area (Å²) in [6.45, 7) is 2.14. The Morgan fingerprint density at radius 1 is 1.18 bits per heavy atom. The summed E-state index contributed by atoms with van der Waals surface area (Å²) in [5, 5.41) is 10.1. The quantitative estimate of drug-likeness (QED) is 0.923. The van der Waals surface area contributed by atoms with Crippen LogP contribution in [0.5, 0.6) is 5.75 Å². The van der Waals surface area contributed by atoms with Crippen molar-refractivity contribution in [2.75, 3.05) is 20.7 Å². The van der Waals surface area contributed by atoms with E-state index in [-0.39, 0.29) is 12.5 Å². The summed E-state index contributed by atoms with van der Waals surface area (Å²) >= 11 is 0. The lowest BCUT2D eigenvalue weighted by Gasteiger charge is -2.14. The Balaban J connectivity index is 2.01. The van der Waals surface area contributed by atoms with Crippen LogP contribution >= 0.6 is 0 Å². The van der Waals surface area contributed by atoms with Crippen LogP contribution in [-0.4, -0.2) is 36.6 Å². The number of benzene rings is 2. The molecule has 0 saturated heterocycles. The molecule has 0 fully saturated rings. The Morgan fingerprint density at radius 3 is 2.50 bits per heavy atom. The van der Waals surface area contributed by atoms with Crippen molar-refractivity contribution < 1.29 is 14.6 Å². The second-order valence-corrected chi connectivity index (χ2v) is 5.46. The Hall–Kier alpha value is -2.33. The van der Waals surface area contributed by atoms with Crippen LogP contribution in [-0.2, 0) is 0 Å². The zero-order valence-corrected chi connectivity index (χ0v) is 13.1. The van der Waals surface area contributed by atoms with E-state index in [1.54, 1.807) is 38.4 Å². The Kier molecular flexibility index (Phi) is 5.17. The third kappa shape index (κ3) is 4.09. The van der Waals surface area contributed by atoms with Gasteiger partial charge in [-0.3, -0.25) is 4.79 Å². The van der Waals surface area contributed by atoms with Crippen LogP contribution in [0.4, 0.5) is 0 Å². The average Bonchev–Trinajstić information content (AvgIpc) is 2.52. The zero-order valence-electron chi connectivity index (χ0n) is 13.1. The normalized spacial score (nSPS) is 11.8. The smallest absolute Gasteiger partial charge is 0.253 e. The van der Waals surface area contributed by atoms with E-state index in [1.807, 2.05) is 31.2 Å². The SMILES string of the molecule is Cc1ccc(C(O)COc2cccc(C(=O)N(C)C)c2)cc1. The van der Waals surface area contributed by atoms with Crippen molar-refractivity contribution in [3.8, 4) is 5.75 Å². The van der Waals surface area contributed by atoms with Gasteiger partial charge in [0.15, 0.2) is 0 Å². The van der Waals surface area contributed by atoms with E-state index in [9.17, 15) is 9.90 Å². The predicted molar refractivity (Wildman–Crippen MR) is 86.1 cm³/mol. The minimum absolute atomic E-state index is 0.0791. The average molecular weight is 299 g/mol. The van der Waals surface area contributed by atoms with Crippen LogP contribution in [0.15, 0.2) is 48.5 Å². The topological polar surface area (TPSA) is 49.8 Å². The molecule has 116 valence electrons. The third-order valence-electron chi connectivity index (χ3n) is 3.36. The maximum Gasteiger partial charge on any atom is 0.253 e. The molecule has 1 atom stereocenters. The molecule has 0 aliphatic rings. The van der Waals surface area contributed by atoms with E-state index in [4.69, 9.17) is 4.74 Å². The first-order valence-corrected chi connectivity index (χ1v) is 7.16. The van der Waals surface area contributed by atoms with Gasteiger partial charge >= 0.3 is 0 Å². The number of aliphatic hydroxyl groups is 1. The molecule has 0 aliphatic carbocycles. The van der Waals surface area contributed by atoms with Crippen LogP contribution in [0.3, 0.4) is 0 Å². The van der Waals surface area contributed by atoms with Crippen LogP contribution < -0.4 is 4.74 Å². The van der Waals surface area contributed by atoms with E-state index >= 15 is 0 Å². The molecule has 22 heavy (non-hydrogen) atoms. The van der Waals surface area contributed by atoms with E-state index in [0.717, 1.165) is 11.1 Å². The summed E-state index contributed by atoms with van der Waals surface area (Å²) in [5.41, 5.74) is 2.52. The van der Waals surface area contributed by atoms with Crippen molar-refractivity contribution in [1.29, 1.82) is 0 Å². The lowest BCUT2D eigenvalue weighted by molar-refractivity contribution is 0.0826. The number of aryl methyl sites for hydroxylation is 1. The van der Waals surface area contributed by atoms with Gasteiger partial charge in [-0.05, 0) is 30.7 Å². The Labute approximate surface area is 131 Å². The van der Waals surface area contributed by atoms with E-state index in [2.05, 4.69) is 0 Å². The van der Waals surface area contributed by atoms with Crippen LogP contribution in [0.25, 0.3) is 0 Å². The van der Waals surface area contributed by atoms with Crippen molar-refractivity contribution in [2.24, 2.45) is 0 Å². The minimum atomic E-state index is -0.700. The number of amides is 1. The van der Waals surface area contributed by atoms with Gasteiger partial charge in [-0.25, -0.2) is 0 Å². The molecule has 2 aromatic rings. The molecule has 4 heteroatoms. The molecule has 1 N–H and O–H groups in total. The molecule has 2 aromatic carbocycles. The van der Waals surface area contributed by atoms with E-state index < -0.39 is 6.10 Å². The number of nitrogens with zero attached hydrogens (tertiary/aromatic N) is 1. The number of hydrogen-bond donors (Lipinski definition) is 1. The highest BCUT2D eigenvalue weighted by Gasteiger charge is 2.11. The van der Waals surface area contributed by atoms with Crippen molar-refractivity contribution in [3.05, 3.63) is 65.2 Å². The summed E-state index contributed by atoms with van der Waals surface area (Å²) in [6, 6.07) is 14.6. The van der Waals surface area contributed by atoms with Crippen LogP contribution in [0, 0.1) is 6.92 Å². The maximum absolute atomic E-state index is 11.9. The largest absolute Gasteiger partial charge is 0.491 e. The number of aliphatic hydroxyl groups excluding tert-OH is 1. The number of carbonyl (C=O) groups is 1. The molecule has 0 aliphatic heterocycles. The lowest BCUT2D eigenvalue weighted by Crippen LogP contribution is -2.21. The maximum atomic E-state index is 11.9. The number of ether oxygens (including phenoxy) is 1. The van der Waals surface area contributed by atoms with Gasteiger partial charge in [-0.2, -0.15) is 0 Å². The van der Waals surface area contributed by atoms with Crippen molar-refractivity contribution in [1.82, 2.24) is 4.90 Å². The van der Waals surface area contributed by atoms with Crippen molar-refractivity contribution in [3.63, 3.8) is 0 Å². The van der Waals surface area contributed by atoms with Crippen LogP contribution in [0.2, 0.25) is 0 Å². The van der Waals surface area contributed by atoms with Gasteiger partial charge in [-0.15, -0.1) is 0 Å². The van der Waals surface area contributed by atoms with Gasteiger partial charge in [0.2, 0.25) is 0 Å². The second kappa shape index (κ2) is 7.09. The van der Waals surface area contributed by atoms with E-state index in [1.165, 1.54) is 4.90 Å². The number of rotatable bonds is 5. The summed E-state index contributed by atoms with van der Waals surface area (Å²) in [6.07, 6.45) is -0.700. The highest BCUT2D eigenvalue weighted by Crippen LogP contribution is 2.18. The van der Waals surface area contributed by atoms with Gasteiger partial charge in [0.05, 0.1) is 0 Å². The third-order valence-corrected chi connectivity index (χ3v) is 3.36. The Morgan fingerprint density at radius 2 is 1.86 bits per heavy atom. The molecule has 1 unspecified atom stereocenters. The van der Waals surface area contributed by atoms with Gasteiger partial charge in [0.25, 0.3) is 5.91 Å². The molecule has 2 rings (SSSR count). The standard InChI is InChI=1S/C18H21NO3/c1-13-7-9-14(10-8-13)17(20)12-22-16-6-4-5-15(11-16)18(21)19(2)3/h4-11,17,20H,12H2,1-3H3. The molecule has 0 saturated carbocycles. The Bertz CT molecular complexity index is 635. The fraction of sp³-hybridized carbons (Fsp3) is 0.278. The number of hydrogen-bond acceptors (Lipinski definition) is 3. The van der Waals surface area contributed by atoms with Crippen LogP contribution in [0.1, 0.15) is 27.6 Å². The minimum Gasteiger partial charge on any atom is -0.491 e. The van der Waals surface area contributed by atoms with Gasteiger partial charge in [0, 0.05) is 19.7 Å². The molecule has 0 aromatic heterocycles. The molecular weight excluding hydrogens is 278 g/mol. The van der Waals surface area contributed by atoms with E-state index in [0.29, 0.717) is 11.3 Å². The first kappa shape index (κ1) is 16.0. The molecule has 4 nitrogen and oxygen atoms in total. The molecule has 1 amide bonds. The molecule has 0 heterocycles. The highest BCUT2D eigenvalue weighted by atomic mass is 16.5. The fourth-order valence-electron chi connectivity index (χ4n) is 2.04. The molecule has 0 bridgehead atoms. The molecule has 0 spiro atoms. The number of carbonyl (C=O) groups excluding carboxylic acids is 1. The van der Waals surface area contributed by atoms with Gasteiger partial charge in [0.1, 0.15) is 18.5 Å². The second-order valence-electron chi connectivity index (χ2n) is 5.46. The molecular formula is C18H21NO3. The highest BCUT2D eigenvalue weighted by molar-refractivity contribution is 5.94. The monoisotopic (exact) mass is 299 g/mol. The summed E-state index contributed by atoms with van der Waals surface area (Å²) in [7, 11) is 3.41. The van der Waals surface area contributed by atoms with Crippen molar-refractivity contribution in [2.45, 2.75) is 13.0 Å². The summed E-state index contributed by atoms with van der Waals surface area (Å²) in [5.74, 6) is 0.489. The fourth-order valence-corrected chi connectivity index (χ4v) is 2.04. The molecule has 0 radical (unpaired) electrons. The zero-order chi connectivity index (χ0) is 16.1. The van der Waals surface area contributed by atoms with Gasteiger partial charge in [-0.1, -0.05) is 35.9 Å². The summed E-state index contributed by atoms with van der Waals surface area (Å²) in [4.78, 5) is 13.4. The first-order valence-electron chi connectivity index (χ1n) is 7.16. The van der Waals surface area contributed by atoms with Crippen molar-refractivity contribution >= 4 is 5.91 Å².